The summed E-state index contributed by atoms with van der Waals surface area (Å²) >= 11 is 0. The van der Waals surface area contributed by atoms with Crippen LogP contribution < -0.4 is 0 Å². The zero-order valence-electron chi connectivity index (χ0n) is 22.6. The van der Waals surface area contributed by atoms with Gasteiger partial charge in [0.15, 0.2) is 0 Å². The molecule has 0 radical (unpaired) electrons. The molecule has 3 aromatic carbocycles. The van der Waals surface area contributed by atoms with E-state index in [2.05, 4.69) is 51.8 Å². The number of ether oxygens (including phenoxy) is 1. The molecule has 6 aromatic rings. The van der Waals surface area contributed by atoms with Gasteiger partial charge in [-0.1, -0.05) is 78.9 Å². The van der Waals surface area contributed by atoms with E-state index >= 15 is 0 Å². The number of amides is 1. The molecule has 7 rings (SSSR count). The Balaban J connectivity index is 1.13. The van der Waals surface area contributed by atoms with E-state index in [1.807, 2.05) is 60.9 Å². The van der Waals surface area contributed by atoms with Crippen molar-refractivity contribution in [3.8, 4) is 22.5 Å². The minimum absolute atomic E-state index is 0.222. The highest BCUT2D eigenvalue weighted by atomic mass is 16.6. The van der Waals surface area contributed by atoms with E-state index in [1.54, 1.807) is 11.1 Å². The standard InChI is InChI=1S/C34H29N5O2/c40-34(41-23-24-7-3-1-4-8-24)38-18-15-27(16-19-38)33-37-32(31-22-35-17-20-39(31)33)28-12-11-26-13-14-29(36-30(26)21-28)25-9-5-2-6-10-25/h1-14,17,20-22,27H,15-16,18-19,23H2. The number of pyridine rings is 1. The summed E-state index contributed by atoms with van der Waals surface area (Å²) in [6.07, 6.45) is 7.03. The van der Waals surface area contributed by atoms with Crippen LogP contribution >= 0.6 is 0 Å². The quantitative estimate of drug-likeness (QED) is 0.233. The van der Waals surface area contributed by atoms with Crippen LogP contribution in [0.2, 0.25) is 0 Å². The fourth-order valence-corrected chi connectivity index (χ4v) is 5.63. The maximum Gasteiger partial charge on any atom is 0.410 e. The van der Waals surface area contributed by atoms with Crippen molar-refractivity contribution in [3.05, 3.63) is 121 Å². The Morgan fingerprint density at radius 1 is 0.854 bits per heavy atom. The minimum atomic E-state index is -0.260. The molecule has 3 aromatic heterocycles. The van der Waals surface area contributed by atoms with Crippen molar-refractivity contribution >= 4 is 22.5 Å². The summed E-state index contributed by atoms with van der Waals surface area (Å²) in [6.45, 7) is 1.56. The molecule has 0 N–H and O–H groups in total. The van der Waals surface area contributed by atoms with Gasteiger partial charge in [0.05, 0.1) is 28.6 Å². The predicted octanol–water partition coefficient (Wildman–Crippen LogP) is 7.13. The molecule has 0 unspecified atom stereocenters. The van der Waals surface area contributed by atoms with E-state index < -0.39 is 0 Å². The van der Waals surface area contributed by atoms with Crippen molar-refractivity contribution in [1.82, 2.24) is 24.3 Å². The van der Waals surface area contributed by atoms with E-state index in [-0.39, 0.29) is 18.6 Å². The van der Waals surface area contributed by atoms with Gasteiger partial charge in [-0.15, -0.1) is 0 Å². The topological polar surface area (TPSA) is 72.6 Å². The number of rotatable bonds is 5. The molecule has 1 amide bonds. The lowest BCUT2D eigenvalue weighted by molar-refractivity contribution is 0.0866. The number of piperidine rings is 1. The zero-order valence-corrected chi connectivity index (χ0v) is 22.6. The third kappa shape index (κ3) is 5.02. The summed E-state index contributed by atoms with van der Waals surface area (Å²) in [5.41, 5.74) is 6.82. The van der Waals surface area contributed by atoms with Gasteiger partial charge in [0.1, 0.15) is 12.4 Å². The van der Waals surface area contributed by atoms with E-state index in [0.717, 1.165) is 63.2 Å². The van der Waals surface area contributed by atoms with Crippen molar-refractivity contribution in [2.24, 2.45) is 0 Å². The summed E-state index contributed by atoms with van der Waals surface area (Å²) < 4.78 is 7.71. The number of carbonyl (C=O) groups excluding carboxylic acids is 1. The minimum Gasteiger partial charge on any atom is -0.445 e. The number of hydrogen-bond acceptors (Lipinski definition) is 5. The summed E-state index contributed by atoms with van der Waals surface area (Å²) in [7, 11) is 0. The number of nitrogens with zero attached hydrogens (tertiary/aromatic N) is 5. The van der Waals surface area contributed by atoms with Gasteiger partial charge in [-0.25, -0.2) is 14.8 Å². The van der Waals surface area contributed by atoms with E-state index in [4.69, 9.17) is 14.7 Å². The number of aromatic nitrogens is 4. The van der Waals surface area contributed by atoms with Crippen molar-refractivity contribution in [1.29, 1.82) is 0 Å². The molecule has 1 saturated heterocycles. The smallest absolute Gasteiger partial charge is 0.410 e. The number of fused-ring (bicyclic) bond motifs is 2. The number of carbonyl (C=O) groups is 1. The lowest BCUT2D eigenvalue weighted by atomic mass is 9.96. The van der Waals surface area contributed by atoms with Crippen LogP contribution in [-0.2, 0) is 11.3 Å². The van der Waals surface area contributed by atoms with Crippen LogP contribution in [-0.4, -0.2) is 43.4 Å². The van der Waals surface area contributed by atoms with Crippen molar-refractivity contribution in [2.75, 3.05) is 13.1 Å². The predicted molar refractivity (Wildman–Crippen MR) is 159 cm³/mol. The van der Waals surface area contributed by atoms with Crippen molar-refractivity contribution in [2.45, 2.75) is 25.4 Å². The van der Waals surface area contributed by atoms with Crippen LogP contribution in [0.3, 0.4) is 0 Å². The lowest BCUT2D eigenvalue weighted by Crippen LogP contribution is -2.38. The van der Waals surface area contributed by atoms with Crippen LogP contribution in [0, 0.1) is 0 Å². The van der Waals surface area contributed by atoms with Crippen LogP contribution in [0.5, 0.6) is 0 Å². The normalized spacial score (nSPS) is 14.0. The Kier molecular flexibility index (Phi) is 6.61. The highest BCUT2D eigenvalue weighted by Crippen LogP contribution is 2.34. The maximum atomic E-state index is 12.7. The molecule has 4 heterocycles. The SMILES string of the molecule is O=C(OCc1ccccc1)N1CCC(c2nc(-c3ccc4ccc(-c5ccccc5)nc4c3)c3cnccn23)CC1. The van der Waals surface area contributed by atoms with Crippen molar-refractivity contribution < 1.29 is 9.53 Å². The Bertz CT molecular complexity index is 1830. The maximum absolute atomic E-state index is 12.7. The number of benzene rings is 3. The Morgan fingerprint density at radius 2 is 1.61 bits per heavy atom. The van der Waals surface area contributed by atoms with Gasteiger partial charge < -0.3 is 9.64 Å². The van der Waals surface area contributed by atoms with E-state index in [0.29, 0.717) is 13.1 Å². The highest BCUT2D eigenvalue weighted by Gasteiger charge is 2.28. The first kappa shape index (κ1) is 25.0. The molecule has 0 spiro atoms. The molecule has 0 bridgehead atoms. The number of imidazole rings is 1. The monoisotopic (exact) mass is 539 g/mol. The molecule has 0 saturated carbocycles. The Labute approximate surface area is 238 Å². The molecular weight excluding hydrogens is 510 g/mol. The third-order valence-corrected chi connectivity index (χ3v) is 7.83. The second-order valence-electron chi connectivity index (χ2n) is 10.4. The lowest BCUT2D eigenvalue weighted by Gasteiger charge is -2.30. The first-order valence-corrected chi connectivity index (χ1v) is 14.0. The summed E-state index contributed by atoms with van der Waals surface area (Å²) in [6, 6.07) is 30.5. The third-order valence-electron chi connectivity index (χ3n) is 7.83. The fraction of sp³-hybridized carbons (Fsp3) is 0.176. The number of hydrogen-bond donors (Lipinski definition) is 0. The van der Waals surface area contributed by atoms with Crippen LogP contribution in [0.4, 0.5) is 4.79 Å². The van der Waals surface area contributed by atoms with Gasteiger partial charge in [0.2, 0.25) is 0 Å². The van der Waals surface area contributed by atoms with Gasteiger partial charge >= 0.3 is 6.09 Å². The summed E-state index contributed by atoms with van der Waals surface area (Å²) in [5, 5.41) is 1.09. The molecule has 1 aliphatic rings. The zero-order chi connectivity index (χ0) is 27.6. The number of likely N-dealkylation sites (tertiary alicyclic amines) is 1. The van der Waals surface area contributed by atoms with Gasteiger partial charge in [0, 0.05) is 47.9 Å². The van der Waals surface area contributed by atoms with Gasteiger partial charge in [-0.2, -0.15) is 0 Å². The van der Waals surface area contributed by atoms with E-state index in [9.17, 15) is 4.79 Å². The Morgan fingerprint density at radius 3 is 2.41 bits per heavy atom. The second kappa shape index (κ2) is 10.8. The van der Waals surface area contributed by atoms with Crippen LogP contribution in [0.25, 0.3) is 38.9 Å². The molecule has 41 heavy (non-hydrogen) atoms. The molecule has 0 aliphatic carbocycles. The largest absolute Gasteiger partial charge is 0.445 e. The molecule has 1 fully saturated rings. The summed E-state index contributed by atoms with van der Waals surface area (Å²) in [5.74, 6) is 1.22. The van der Waals surface area contributed by atoms with Crippen LogP contribution in [0.15, 0.2) is 110 Å². The first-order chi connectivity index (χ1) is 20.2. The average Bonchev–Trinajstić information content (AvgIpc) is 3.44. The van der Waals surface area contributed by atoms with Crippen molar-refractivity contribution in [3.63, 3.8) is 0 Å². The molecule has 202 valence electrons. The molecule has 7 nitrogen and oxygen atoms in total. The Hall–Kier alpha value is -5.04. The van der Waals surface area contributed by atoms with Crippen LogP contribution in [0.1, 0.15) is 30.1 Å². The van der Waals surface area contributed by atoms with Gasteiger partial charge in [0.25, 0.3) is 0 Å². The summed E-state index contributed by atoms with van der Waals surface area (Å²) in [4.78, 5) is 29.1. The molecule has 7 heteroatoms. The van der Waals surface area contributed by atoms with E-state index in [1.165, 1.54) is 0 Å². The first-order valence-electron chi connectivity index (χ1n) is 14.0. The molecule has 0 atom stereocenters. The van der Waals surface area contributed by atoms with Gasteiger partial charge in [-0.05, 0) is 30.5 Å². The second-order valence-corrected chi connectivity index (χ2v) is 10.4. The highest BCUT2D eigenvalue weighted by molar-refractivity contribution is 5.88. The molecule has 1 aliphatic heterocycles. The van der Waals surface area contributed by atoms with Gasteiger partial charge in [-0.3, -0.25) is 9.38 Å². The average molecular weight is 540 g/mol. The molecular formula is C34H29N5O2. The fourth-order valence-electron chi connectivity index (χ4n) is 5.63.